The molecule has 1 heterocycles. The van der Waals surface area contributed by atoms with E-state index >= 15 is 0 Å². The summed E-state index contributed by atoms with van der Waals surface area (Å²) >= 11 is 0. The third kappa shape index (κ3) is 13.4. The lowest BCUT2D eigenvalue weighted by atomic mass is 9.95. The largest absolute Gasteiger partial charge is 0.497 e. The van der Waals surface area contributed by atoms with Gasteiger partial charge in [-0.3, -0.25) is 4.79 Å². The van der Waals surface area contributed by atoms with Gasteiger partial charge in [-0.05, 0) is 82.9 Å². The molecule has 0 saturated carbocycles. The quantitative estimate of drug-likeness (QED) is 0.0697. The van der Waals surface area contributed by atoms with Crippen molar-refractivity contribution < 1.29 is 42.4 Å². The summed E-state index contributed by atoms with van der Waals surface area (Å²) < 4.78 is 49.6. The predicted molar refractivity (Wildman–Crippen MR) is 194 cm³/mol. The zero-order valence-corrected chi connectivity index (χ0v) is 33.0. The molecule has 5 atom stereocenters. The number of hydrogen-bond acceptors (Lipinski definition) is 9. The molecule has 1 fully saturated rings. The Morgan fingerprint density at radius 3 is 2.14 bits per heavy atom. The number of benzene rings is 2. The van der Waals surface area contributed by atoms with Crippen molar-refractivity contribution in [2.45, 2.75) is 143 Å². The van der Waals surface area contributed by atoms with Gasteiger partial charge in [0.25, 0.3) is 0 Å². The topological polar surface area (TPSA) is 90.9 Å². The molecule has 49 heavy (non-hydrogen) atoms. The van der Waals surface area contributed by atoms with Crippen LogP contribution in [0.5, 0.6) is 5.75 Å². The van der Waals surface area contributed by atoms with E-state index in [2.05, 4.69) is 33.9 Å². The molecule has 0 amide bonds. The van der Waals surface area contributed by atoms with Crippen molar-refractivity contribution in [3.63, 3.8) is 0 Å². The van der Waals surface area contributed by atoms with Gasteiger partial charge in [0.05, 0.1) is 50.7 Å². The molecular formula is C39H62O9Si. The lowest BCUT2D eigenvalue weighted by molar-refractivity contribution is -0.321. The van der Waals surface area contributed by atoms with Crippen molar-refractivity contribution in [3.05, 3.63) is 65.7 Å². The predicted octanol–water partition coefficient (Wildman–Crippen LogP) is 8.44. The van der Waals surface area contributed by atoms with Gasteiger partial charge in [0.15, 0.2) is 14.1 Å². The van der Waals surface area contributed by atoms with Gasteiger partial charge in [0.1, 0.15) is 24.8 Å². The number of ether oxygens (including phenoxy) is 7. The Hall–Kier alpha value is -2.31. The fourth-order valence-corrected chi connectivity index (χ4v) is 6.14. The molecule has 1 aliphatic rings. The minimum atomic E-state index is -2.09. The first-order chi connectivity index (χ1) is 22.8. The van der Waals surface area contributed by atoms with Gasteiger partial charge in [-0.1, -0.05) is 63.2 Å². The summed E-state index contributed by atoms with van der Waals surface area (Å²) in [6, 6.07) is 17.8. The smallest absolute Gasteiger partial charge is 0.311 e. The van der Waals surface area contributed by atoms with E-state index < -0.39 is 31.7 Å². The molecule has 9 nitrogen and oxygen atoms in total. The highest BCUT2D eigenvalue weighted by Crippen LogP contribution is 2.38. The normalized spacial score (nSPS) is 20.3. The molecule has 0 aliphatic carbocycles. The van der Waals surface area contributed by atoms with Gasteiger partial charge in [-0.2, -0.15) is 0 Å². The molecule has 0 unspecified atom stereocenters. The van der Waals surface area contributed by atoms with Crippen molar-refractivity contribution in [2.24, 2.45) is 5.41 Å². The second-order valence-corrected chi connectivity index (χ2v) is 20.9. The van der Waals surface area contributed by atoms with Crippen molar-refractivity contribution >= 4 is 14.3 Å². The Bertz CT molecular complexity index is 1270. The van der Waals surface area contributed by atoms with Crippen LogP contribution in [0.1, 0.15) is 86.3 Å². The molecule has 2 aromatic carbocycles. The SMILES string of the molecule is COc1ccc(CO[C@H](CO[Si](C)(C)C(C)(C)C)[C@H]2C[C@@H](C[C@@H](OC(=O)C(C)(C)C)[C@@H](C)OCOCc3ccccc3)OC(C)(C)O2)cc1. The summed E-state index contributed by atoms with van der Waals surface area (Å²) in [4.78, 5) is 13.1. The third-order valence-electron chi connectivity index (χ3n) is 9.25. The Labute approximate surface area is 296 Å². The maximum absolute atomic E-state index is 13.1. The van der Waals surface area contributed by atoms with Gasteiger partial charge < -0.3 is 37.6 Å². The minimum Gasteiger partial charge on any atom is -0.497 e. The number of hydrogen-bond donors (Lipinski definition) is 0. The molecule has 1 saturated heterocycles. The van der Waals surface area contributed by atoms with E-state index in [4.69, 9.17) is 37.6 Å². The monoisotopic (exact) mass is 702 g/mol. The summed E-state index contributed by atoms with van der Waals surface area (Å²) in [6.45, 7) is 23.7. The highest BCUT2D eigenvalue weighted by atomic mass is 28.4. The minimum absolute atomic E-state index is 0.0387. The lowest BCUT2D eigenvalue weighted by Crippen LogP contribution is -2.53. The van der Waals surface area contributed by atoms with Crippen LogP contribution >= 0.6 is 0 Å². The molecular weight excluding hydrogens is 641 g/mol. The van der Waals surface area contributed by atoms with E-state index in [0.29, 0.717) is 32.7 Å². The zero-order chi connectivity index (χ0) is 36.5. The van der Waals surface area contributed by atoms with Crippen LogP contribution in [-0.4, -0.2) is 71.1 Å². The Kier molecular flexibility index (Phi) is 14.9. The summed E-state index contributed by atoms with van der Waals surface area (Å²) in [5, 5.41) is 0.0387. The highest BCUT2D eigenvalue weighted by Gasteiger charge is 2.44. The maximum Gasteiger partial charge on any atom is 0.311 e. The second kappa shape index (κ2) is 17.8. The van der Waals surface area contributed by atoms with Crippen molar-refractivity contribution in [1.29, 1.82) is 0 Å². The molecule has 276 valence electrons. The number of carbonyl (C=O) groups is 1. The Morgan fingerprint density at radius 2 is 1.55 bits per heavy atom. The van der Waals surface area contributed by atoms with Gasteiger partial charge >= 0.3 is 5.97 Å². The van der Waals surface area contributed by atoms with Gasteiger partial charge in [-0.25, -0.2) is 0 Å². The van der Waals surface area contributed by atoms with Crippen LogP contribution < -0.4 is 4.74 Å². The molecule has 3 rings (SSSR count). The fourth-order valence-electron chi connectivity index (χ4n) is 5.12. The summed E-state index contributed by atoms with van der Waals surface area (Å²) in [6.07, 6.45) is -1.08. The molecule has 10 heteroatoms. The Balaban J connectivity index is 1.77. The van der Waals surface area contributed by atoms with Crippen molar-refractivity contribution in [3.8, 4) is 5.75 Å². The van der Waals surface area contributed by atoms with Gasteiger partial charge in [0, 0.05) is 12.8 Å². The van der Waals surface area contributed by atoms with Gasteiger partial charge in [0.2, 0.25) is 0 Å². The zero-order valence-electron chi connectivity index (χ0n) is 32.0. The maximum atomic E-state index is 13.1. The molecule has 0 bridgehead atoms. The lowest BCUT2D eigenvalue weighted by Gasteiger charge is -2.45. The van der Waals surface area contributed by atoms with Crippen molar-refractivity contribution in [1.82, 2.24) is 0 Å². The van der Waals surface area contributed by atoms with Crippen LogP contribution in [0.25, 0.3) is 0 Å². The van der Waals surface area contributed by atoms with Crippen LogP contribution in [0, 0.1) is 5.41 Å². The van der Waals surface area contributed by atoms with E-state index in [0.717, 1.165) is 16.9 Å². The average molecular weight is 703 g/mol. The molecule has 0 radical (unpaired) electrons. The number of rotatable bonds is 17. The van der Waals surface area contributed by atoms with E-state index in [9.17, 15) is 4.79 Å². The summed E-state index contributed by atoms with van der Waals surface area (Å²) in [5.41, 5.74) is 1.40. The fraction of sp³-hybridized carbons (Fsp3) is 0.667. The van der Waals surface area contributed by atoms with E-state index in [1.807, 2.05) is 96.1 Å². The van der Waals surface area contributed by atoms with Crippen LogP contribution in [-0.2, 0) is 50.9 Å². The highest BCUT2D eigenvalue weighted by molar-refractivity contribution is 6.74. The molecule has 1 aliphatic heterocycles. The first-order valence-electron chi connectivity index (χ1n) is 17.5. The molecule has 0 aromatic heterocycles. The second-order valence-electron chi connectivity index (χ2n) is 16.1. The number of esters is 1. The van der Waals surface area contributed by atoms with Crippen LogP contribution in [0.4, 0.5) is 0 Å². The van der Waals surface area contributed by atoms with E-state index in [1.54, 1.807) is 7.11 Å². The average Bonchev–Trinajstić information content (AvgIpc) is 3.01. The first kappa shape index (κ1) is 41.1. The van der Waals surface area contributed by atoms with E-state index in [1.165, 1.54) is 0 Å². The molecule has 0 spiro atoms. The summed E-state index contributed by atoms with van der Waals surface area (Å²) in [7, 11) is -0.435. The van der Waals surface area contributed by atoms with Gasteiger partial charge in [-0.15, -0.1) is 0 Å². The standard InChI is InChI=1S/C39H62O9Si/c1-28(44-27-42-24-29-16-14-13-15-17-29)33(46-36(40)37(2,3)4)22-32-23-34(48-39(8,9)47-32)35(26-45-49(11,12)38(5,6)7)43-25-30-18-20-31(41-10)21-19-30/h13-21,28,32-35H,22-27H2,1-12H3/t28-,32-,33-,34-,35-/m1/s1. The van der Waals surface area contributed by atoms with Crippen LogP contribution in [0.15, 0.2) is 54.6 Å². The number of carbonyl (C=O) groups excluding carboxylic acids is 1. The van der Waals surface area contributed by atoms with E-state index in [-0.39, 0.29) is 36.1 Å². The third-order valence-corrected chi connectivity index (χ3v) is 13.7. The van der Waals surface area contributed by atoms with Crippen LogP contribution in [0.2, 0.25) is 18.1 Å². The first-order valence-corrected chi connectivity index (χ1v) is 20.4. The molecule has 2 aromatic rings. The Morgan fingerprint density at radius 1 is 0.918 bits per heavy atom. The summed E-state index contributed by atoms with van der Waals surface area (Å²) in [5.74, 6) is -0.417. The molecule has 0 N–H and O–H groups in total. The van der Waals surface area contributed by atoms with Crippen molar-refractivity contribution in [2.75, 3.05) is 20.5 Å². The van der Waals surface area contributed by atoms with Crippen LogP contribution in [0.3, 0.4) is 0 Å². The number of methoxy groups -OCH3 is 1.